The van der Waals surface area contributed by atoms with Crippen LogP contribution in [0.25, 0.3) is 0 Å². The second-order valence-corrected chi connectivity index (χ2v) is 6.48. The van der Waals surface area contributed by atoms with Crippen LogP contribution in [0.4, 0.5) is 4.79 Å². The van der Waals surface area contributed by atoms with Crippen LogP contribution in [0.3, 0.4) is 0 Å². The molecule has 0 radical (unpaired) electrons. The quantitative estimate of drug-likeness (QED) is 0.271. The highest BCUT2D eigenvalue weighted by molar-refractivity contribution is 6.40. The first-order chi connectivity index (χ1) is 12.8. The number of hydrogen-bond donors (Lipinski definition) is 1. The summed E-state index contributed by atoms with van der Waals surface area (Å²) in [4.78, 5) is 34.7. The Morgan fingerprint density at radius 1 is 0.889 bits per heavy atom. The van der Waals surface area contributed by atoms with Crippen LogP contribution in [0, 0.1) is 0 Å². The van der Waals surface area contributed by atoms with E-state index in [2.05, 4.69) is 5.32 Å². The monoisotopic (exact) mass is 381 g/mol. The fourth-order valence-electron chi connectivity index (χ4n) is 1.83. The highest BCUT2D eigenvalue weighted by atomic mass is 16.6. The lowest BCUT2D eigenvalue weighted by Crippen LogP contribution is -2.34. The lowest BCUT2D eigenvalue weighted by molar-refractivity contribution is -0.139. The highest BCUT2D eigenvalue weighted by Gasteiger charge is 2.17. The lowest BCUT2D eigenvalue weighted by atomic mass is 10.1. The van der Waals surface area contributed by atoms with Crippen molar-refractivity contribution in [1.82, 2.24) is 5.32 Å². The van der Waals surface area contributed by atoms with Gasteiger partial charge < -0.3 is 24.3 Å². The minimum Gasteiger partial charge on any atom is -0.457 e. The molecule has 1 aromatic rings. The minimum absolute atomic E-state index is 0.0163. The molecule has 0 aromatic heterocycles. The van der Waals surface area contributed by atoms with Crippen LogP contribution in [0.5, 0.6) is 0 Å². The van der Waals surface area contributed by atoms with Crippen LogP contribution >= 0.6 is 0 Å². The van der Waals surface area contributed by atoms with E-state index in [1.807, 2.05) is 0 Å². The molecule has 8 nitrogen and oxygen atoms in total. The number of nitrogens with one attached hydrogen (secondary N) is 1. The number of ketones is 1. The SMILES string of the molecule is CC(C)(C)OC(=O)NCCOCCOCCOC(=O)C(=O)c1ccccc1. The number of esters is 1. The summed E-state index contributed by atoms with van der Waals surface area (Å²) in [5.41, 5.74) is -0.245. The Hall–Kier alpha value is -2.45. The maximum Gasteiger partial charge on any atom is 0.407 e. The summed E-state index contributed by atoms with van der Waals surface area (Å²) in [6.45, 7) is 6.78. The topological polar surface area (TPSA) is 100 Å². The molecule has 0 spiro atoms. The summed E-state index contributed by atoms with van der Waals surface area (Å²) < 4.78 is 20.5. The first-order valence-corrected chi connectivity index (χ1v) is 8.68. The van der Waals surface area contributed by atoms with E-state index in [9.17, 15) is 14.4 Å². The zero-order chi connectivity index (χ0) is 20.1. The zero-order valence-corrected chi connectivity index (χ0v) is 16.0. The first kappa shape index (κ1) is 22.6. The summed E-state index contributed by atoms with van der Waals surface area (Å²) in [5, 5.41) is 2.57. The third-order valence-electron chi connectivity index (χ3n) is 2.97. The van der Waals surface area contributed by atoms with Gasteiger partial charge in [0.05, 0.1) is 26.4 Å². The lowest BCUT2D eigenvalue weighted by Gasteiger charge is -2.19. The van der Waals surface area contributed by atoms with E-state index < -0.39 is 23.4 Å². The first-order valence-electron chi connectivity index (χ1n) is 8.68. The van der Waals surface area contributed by atoms with Crippen molar-refractivity contribution in [3.8, 4) is 0 Å². The van der Waals surface area contributed by atoms with Crippen molar-refractivity contribution < 1.29 is 33.3 Å². The molecule has 0 saturated carbocycles. The molecule has 8 heteroatoms. The fourth-order valence-corrected chi connectivity index (χ4v) is 1.83. The third-order valence-corrected chi connectivity index (χ3v) is 2.97. The minimum atomic E-state index is -0.908. The molecule has 0 atom stereocenters. The van der Waals surface area contributed by atoms with E-state index >= 15 is 0 Å². The van der Waals surface area contributed by atoms with Crippen molar-refractivity contribution in [1.29, 1.82) is 0 Å². The highest BCUT2D eigenvalue weighted by Crippen LogP contribution is 2.06. The largest absolute Gasteiger partial charge is 0.457 e. The van der Waals surface area contributed by atoms with E-state index in [0.717, 1.165) is 0 Å². The average molecular weight is 381 g/mol. The summed E-state index contributed by atoms with van der Waals surface area (Å²) in [7, 11) is 0. The van der Waals surface area contributed by atoms with Gasteiger partial charge in [-0.3, -0.25) is 4.79 Å². The average Bonchev–Trinajstić information content (AvgIpc) is 2.61. The molecule has 0 aliphatic carbocycles. The number of benzene rings is 1. The molecule has 150 valence electrons. The summed E-state index contributed by atoms with van der Waals surface area (Å²) in [6.07, 6.45) is -0.491. The van der Waals surface area contributed by atoms with Crippen LogP contribution in [-0.4, -0.2) is 63.0 Å². The second-order valence-electron chi connectivity index (χ2n) is 6.48. The van der Waals surface area contributed by atoms with Gasteiger partial charge in [-0.15, -0.1) is 0 Å². The number of carbonyl (C=O) groups is 3. The molecule has 0 fully saturated rings. The number of amides is 1. The number of rotatable bonds is 11. The fraction of sp³-hybridized carbons (Fsp3) is 0.526. The molecule has 0 saturated heterocycles. The van der Waals surface area contributed by atoms with Gasteiger partial charge in [-0.05, 0) is 20.8 Å². The molecule has 0 aliphatic heterocycles. The van der Waals surface area contributed by atoms with E-state index in [1.54, 1.807) is 51.1 Å². The van der Waals surface area contributed by atoms with Gasteiger partial charge in [-0.1, -0.05) is 30.3 Å². The normalized spacial score (nSPS) is 10.9. The van der Waals surface area contributed by atoms with E-state index in [1.165, 1.54) is 0 Å². The Balaban J connectivity index is 1.97. The van der Waals surface area contributed by atoms with Crippen molar-refractivity contribution in [2.24, 2.45) is 0 Å². The summed E-state index contributed by atoms with van der Waals surface area (Å²) >= 11 is 0. The number of hydrogen-bond acceptors (Lipinski definition) is 7. The predicted octanol–water partition coefficient (Wildman–Crippen LogP) is 1.97. The molecular formula is C19H27NO7. The Kier molecular flexibility index (Phi) is 10.1. The summed E-state index contributed by atoms with van der Waals surface area (Å²) in [6, 6.07) is 8.20. The van der Waals surface area contributed by atoms with E-state index in [4.69, 9.17) is 18.9 Å². The molecule has 1 amide bonds. The van der Waals surface area contributed by atoms with Crippen LogP contribution in [0.1, 0.15) is 31.1 Å². The van der Waals surface area contributed by atoms with E-state index in [0.29, 0.717) is 26.4 Å². The maximum absolute atomic E-state index is 11.8. The van der Waals surface area contributed by atoms with Gasteiger partial charge in [0.2, 0.25) is 0 Å². The van der Waals surface area contributed by atoms with Crippen molar-refractivity contribution in [3.63, 3.8) is 0 Å². The molecule has 1 aromatic carbocycles. The van der Waals surface area contributed by atoms with Crippen LogP contribution < -0.4 is 5.32 Å². The standard InChI is InChI=1S/C19H27NO7/c1-19(2,3)27-18(23)20-9-10-24-11-12-25-13-14-26-17(22)16(21)15-7-5-4-6-8-15/h4-8H,9-14H2,1-3H3,(H,20,23). The van der Waals surface area contributed by atoms with Crippen LogP contribution in [-0.2, 0) is 23.7 Å². The van der Waals surface area contributed by atoms with E-state index in [-0.39, 0.29) is 18.8 Å². The number of ether oxygens (including phenoxy) is 4. The number of alkyl carbamates (subject to hydrolysis) is 1. The van der Waals surface area contributed by atoms with Gasteiger partial charge in [0.1, 0.15) is 12.2 Å². The molecule has 0 aliphatic rings. The number of carbonyl (C=O) groups excluding carboxylic acids is 3. The van der Waals surface area contributed by atoms with Crippen molar-refractivity contribution in [2.45, 2.75) is 26.4 Å². The molecule has 1 rings (SSSR count). The van der Waals surface area contributed by atoms with Crippen molar-refractivity contribution >= 4 is 17.8 Å². The Labute approximate surface area is 159 Å². The Morgan fingerprint density at radius 2 is 1.48 bits per heavy atom. The maximum atomic E-state index is 11.8. The van der Waals surface area contributed by atoms with Crippen molar-refractivity contribution in [3.05, 3.63) is 35.9 Å². The van der Waals surface area contributed by atoms with Gasteiger partial charge in [0, 0.05) is 12.1 Å². The molecular weight excluding hydrogens is 354 g/mol. The van der Waals surface area contributed by atoms with Gasteiger partial charge in [-0.2, -0.15) is 0 Å². The molecule has 0 heterocycles. The Bertz CT molecular complexity index is 596. The van der Waals surface area contributed by atoms with Crippen LogP contribution in [0.2, 0.25) is 0 Å². The molecule has 0 unspecified atom stereocenters. The molecule has 27 heavy (non-hydrogen) atoms. The number of Topliss-reactive ketones (excluding diaryl/α,β-unsaturated/α-hetero) is 1. The summed E-state index contributed by atoms with van der Waals surface area (Å²) in [5.74, 6) is -1.59. The smallest absolute Gasteiger partial charge is 0.407 e. The van der Waals surface area contributed by atoms with Gasteiger partial charge >= 0.3 is 12.1 Å². The van der Waals surface area contributed by atoms with Crippen molar-refractivity contribution in [2.75, 3.05) is 39.6 Å². The van der Waals surface area contributed by atoms with Gasteiger partial charge in [0.25, 0.3) is 5.78 Å². The second kappa shape index (κ2) is 12.0. The zero-order valence-electron chi connectivity index (χ0n) is 16.0. The van der Waals surface area contributed by atoms with Crippen LogP contribution in [0.15, 0.2) is 30.3 Å². The predicted molar refractivity (Wildman–Crippen MR) is 97.6 cm³/mol. The third kappa shape index (κ3) is 11.0. The molecule has 0 bridgehead atoms. The molecule has 1 N–H and O–H groups in total. The van der Waals surface area contributed by atoms with Gasteiger partial charge in [-0.25, -0.2) is 9.59 Å². The van der Waals surface area contributed by atoms with Gasteiger partial charge in [0.15, 0.2) is 0 Å². The Morgan fingerprint density at radius 3 is 2.11 bits per heavy atom.